The van der Waals surface area contributed by atoms with Crippen LogP contribution < -0.4 is 0 Å². The summed E-state index contributed by atoms with van der Waals surface area (Å²) in [6.45, 7) is 0. The number of rotatable bonds is 3. The number of carbonyl (C=O) groups excluding carboxylic acids is 1. The second kappa shape index (κ2) is 5.10. The van der Waals surface area contributed by atoms with E-state index in [0.717, 1.165) is 10.0 Å². The summed E-state index contributed by atoms with van der Waals surface area (Å²) in [5.41, 5.74) is 1.46. The Hall–Kier alpha value is -1.01. The van der Waals surface area contributed by atoms with Crippen molar-refractivity contribution < 1.29 is 4.79 Å². The van der Waals surface area contributed by atoms with Gasteiger partial charge in [-0.05, 0) is 33.6 Å². The molecule has 1 heterocycles. The molecule has 0 aliphatic carbocycles. The van der Waals surface area contributed by atoms with Gasteiger partial charge in [-0.25, -0.2) is 4.68 Å². The first-order valence-electron chi connectivity index (χ1n) is 4.90. The number of Topliss-reactive ketones (excluding diaryl/α,β-unsaturated/α-hetero) is 1. The normalized spacial score (nSPS) is 10.5. The second-order valence-electron chi connectivity index (χ2n) is 3.58. The van der Waals surface area contributed by atoms with Crippen LogP contribution in [-0.4, -0.2) is 20.8 Å². The van der Waals surface area contributed by atoms with E-state index in [9.17, 15) is 4.79 Å². The number of ketones is 1. The third-order valence-corrected chi connectivity index (χ3v) is 3.39. The topological polar surface area (TPSA) is 47.8 Å². The third kappa shape index (κ3) is 2.81. The van der Waals surface area contributed by atoms with Crippen molar-refractivity contribution >= 4 is 37.6 Å². The van der Waals surface area contributed by atoms with E-state index in [2.05, 4.69) is 42.2 Å². The molecule has 0 saturated carbocycles. The minimum absolute atomic E-state index is 0.00769. The summed E-state index contributed by atoms with van der Waals surface area (Å²) >= 11 is 6.58. The Morgan fingerprint density at radius 2 is 1.94 bits per heavy atom. The van der Waals surface area contributed by atoms with Gasteiger partial charge < -0.3 is 0 Å². The van der Waals surface area contributed by atoms with Crippen molar-refractivity contribution in [1.82, 2.24) is 15.0 Å². The zero-order chi connectivity index (χ0) is 12.4. The number of carbonyl (C=O) groups is 1. The van der Waals surface area contributed by atoms with E-state index >= 15 is 0 Å². The van der Waals surface area contributed by atoms with Gasteiger partial charge in [0.25, 0.3) is 0 Å². The highest BCUT2D eigenvalue weighted by Crippen LogP contribution is 2.16. The fourth-order valence-corrected chi connectivity index (χ4v) is 2.31. The molecule has 17 heavy (non-hydrogen) atoms. The molecule has 2 rings (SSSR count). The van der Waals surface area contributed by atoms with Crippen molar-refractivity contribution in [3.63, 3.8) is 0 Å². The molecule has 2 aromatic rings. The Labute approximate surface area is 115 Å². The fraction of sp³-hybridized carbons (Fsp3) is 0.182. The van der Waals surface area contributed by atoms with Crippen molar-refractivity contribution in [2.24, 2.45) is 7.05 Å². The summed E-state index contributed by atoms with van der Waals surface area (Å²) in [5, 5.41) is 7.58. The maximum Gasteiger partial charge on any atom is 0.188 e. The molecule has 4 nitrogen and oxygen atoms in total. The first-order chi connectivity index (χ1) is 8.08. The summed E-state index contributed by atoms with van der Waals surface area (Å²) in [7, 11) is 1.70. The molecule has 0 N–H and O–H groups in total. The Bertz CT molecular complexity index is 529. The predicted octanol–water partition coefficient (Wildman–Crippen LogP) is 2.77. The van der Waals surface area contributed by atoms with Crippen LogP contribution in [0, 0.1) is 0 Å². The highest BCUT2D eigenvalue weighted by molar-refractivity contribution is 9.10. The van der Waals surface area contributed by atoms with Crippen LogP contribution in [0.15, 0.2) is 33.3 Å². The monoisotopic (exact) mass is 357 g/mol. The lowest BCUT2D eigenvalue weighted by Crippen LogP contribution is -2.10. The molecular formula is C11H9Br2N3O. The number of nitrogens with zero attached hydrogens (tertiary/aromatic N) is 3. The minimum atomic E-state index is -0.00769. The van der Waals surface area contributed by atoms with Crippen molar-refractivity contribution in [2.45, 2.75) is 6.42 Å². The predicted molar refractivity (Wildman–Crippen MR) is 70.9 cm³/mol. The molecule has 0 amide bonds. The molecule has 0 aliphatic heterocycles. The fourth-order valence-electron chi connectivity index (χ4n) is 1.50. The van der Waals surface area contributed by atoms with E-state index in [1.54, 1.807) is 7.05 Å². The summed E-state index contributed by atoms with van der Waals surface area (Å²) < 4.78 is 2.96. The number of aryl methyl sites for hydroxylation is 1. The molecule has 0 fully saturated rings. The molecule has 0 spiro atoms. The van der Waals surface area contributed by atoms with Crippen LogP contribution >= 0.6 is 31.9 Å². The van der Waals surface area contributed by atoms with Crippen LogP contribution in [0.5, 0.6) is 0 Å². The van der Waals surface area contributed by atoms with E-state index in [1.165, 1.54) is 4.68 Å². The molecule has 0 unspecified atom stereocenters. The Morgan fingerprint density at radius 3 is 2.47 bits per heavy atom. The molecule has 0 radical (unpaired) electrons. The quantitative estimate of drug-likeness (QED) is 0.792. The zero-order valence-corrected chi connectivity index (χ0v) is 12.2. The van der Waals surface area contributed by atoms with E-state index < -0.39 is 0 Å². The average molecular weight is 359 g/mol. The largest absolute Gasteiger partial charge is 0.292 e. The molecule has 1 aromatic carbocycles. The van der Waals surface area contributed by atoms with E-state index in [0.29, 0.717) is 16.7 Å². The van der Waals surface area contributed by atoms with Crippen LogP contribution in [0.25, 0.3) is 0 Å². The van der Waals surface area contributed by atoms with E-state index in [1.807, 2.05) is 24.3 Å². The van der Waals surface area contributed by atoms with E-state index in [-0.39, 0.29) is 5.78 Å². The lowest BCUT2D eigenvalue weighted by Gasteiger charge is -2.02. The van der Waals surface area contributed by atoms with Crippen molar-refractivity contribution in [1.29, 1.82) is 0 Å². The number of hydrogen-bond donors (Lipinski definition) is 0. The van der Waals surface area contributed by atoms with Crippen LogP contribution in [0.3, 0.4) is 0 Å². The first kappa shape index (κ1) is 12.4. The third-order valence-electron chi connectivity index (χ3n) is 2.33. The Balaban J connectivity index is 2.20. The number of halogens is 2. The van der Waals surface area contributed by atoms with Gasteiger partial charge in [-0.15, -0.1) is 5.10 Å². The summed E-state index contributed by atoms with van der Waals surface area (Å²) in [5.74, 6) is -0.00769. The minimum Gasteiger partial charge on any atom is -0.292 e. The van der Waals surface area contributed by atoms with Gasteiger partial charge in [0, 0.05) is 17.9 Å². The lowest BCUT2D eigenvalue weighted by molar-refractivity contribution is 0.0983. The van der Waals surface area contributed by atoms with Gasteiger partial charge >= 0.3 is 0 Å². The number of hydrogen-bond acceptors (Lipinski definition) is 3. The first-order valence-corrected chi connectivity index (χ1v) is 6.49. The van der Waals surface area contributed by atoms with Crippen LogP contribution in [0.1, 0.15) is 16.1 Å². The maximum absolute atomic E-state index is 12.1. The Morgan fingerprint density at radius 1 is 1.29 bits per heavy atom. The number of benzene rings is 1. The van der Waals surface area contributed by atoms with Gasteiger partial charge in [0.2, 0.25) is 0 Å². The number of aromatic nitrogens is 3. The highest BCUT2D eigenvalue weighted by atomic mass is 79.9. The molecule has 0 bridgehead atoms. The van der Waals surface area contributed by atoms with Gasteiger partial charge in [0.15, 0.2) is 10.4 Å². The molecular weight excluding hydrogens is 350 g/mol. The maximum atomic E-state index is 12.1. The summed E-state index contributed by atoms with van der Waals surface area (Å²) in [4.78, 5) is 12.1. The molecule has 6 heteroatoms. The molecule has 0 saturated heterocycles. The molecule has 88 valence electrons. The Kier molecular flexibility index (Phi) is 3.73. The second-order valence-corrected chi connectivity index (χ2v) is 5.25. The van der Waals surface area contributed by atoms with Gasteiger partial charge in [0.05, 0.1) is 0 Å². The summed E-state index contributed by atoms with van der Waals surface area (Å²) in [6.07, 6.45) is 0.340. The zero-order valence-electron chi connectivity index (χ0n) is 9.02. The summed E-state index contributed by atoms with van der Waals surface area (Å²) in [6, 6.07) is 7.66. The van der Waals surface area contributed by atoms with Gasteiger partial charge in [-0.1, -0.05) is 33.3 Å². The van der Waals surface area contributed by atoms with Crippen molar-refractivity contribution in [3.8, 4) is 0 Å². The van der Waals surface area contributed by atoms with Crippen molar-refractivity contribution in [3.05, 3.63) is 44.6 Å². The van der Waals surface area contributed by atoms with Gasteiger partial charge in [-0.2, -0.15) is 0 Å². The molecule has 1 aromatic heterocycles. The average Bonchev–Trinajstić information content (AvgIpc) is 2.62. The van der Waals surface area contributed by atoms with Crippen LogP contribution in [0.4, 0.5) is 0 Å². The standard InChI is InChI=1S/C11H9Br2N3O/c1-16-10(11(13)14-15-16)9(17)6-7-2-4-8(12)5-3-7/h2-5H,6H2,1H3. The molecule has 0 aliphatic rings. The van der Waals surface area contributed by atoms with Gasteiger partial charge in [-0.3, -0.25) is 4.79 Å². The highest BCUT2D eigenvalue weighted by Gasteiger charge is 2.16. The van der Waals surface area contributed by atoms with Crippen LogP contribution in [-0.2, 0) is 13.5 Å². The van der Waals surface area contributed by atoms with E-state index in [4.69, 9.17) is 0 Å². The smallest absolute Gasteiger partial charge is 0.188 e. The lowest BCUT2D eigenvalue weighted by atomic mass is 10.1. The van der Waals surface area contributed by atoms with Crippen LogP contribution in [0.2, 0.25) is 0 Å². The van der Waals surface area contributed by atoms with Gasteiger partial charge in [0.1, 0.15) is 5.69 Å². The van der Waals surface area contributed by atoms with Crippen molar-refractivity contribution in [2.75, 3.05) is 0 Å². The SMILES string of the molecule is Cn1nnc(Br)c1C(=O)Cc1ccc(Br)cc1. The molecule has 0 atom stereocenters.